The van der Waals surface area contributed by atoms with E-state index >= 15 is 0 Å². The van der Waals surface area contributed by atoms with Crippen LogP contribution in [0.25, 0.3) is 0 Å². The van der Waals surface area contributed by atoms with E-state index < -0.39 is 37.1 Å². The molecule has 1 unspecified atom stereocenters. The van der Waals surface area contributed by atoms with E-state index in [-0.39, 0.29) is 5.41 Å². The Hall–Kier alpha value is -1.62. The van der Waals surface area contributed by atoms with Crippen LogP contribution in [0.2, 0.25) is 10.0 Å². The van der Waals surface area contributed by atoms with E-state index in [1.165, 1.54) is 11.3 Å². The monoisotopic (exact) mass is 524 g/mol. The lowest BCUT2D eigenvalue weighted by Crippen LogP contribution is -2.55. The van der Waals surface area contributed by atoms with E-state index in [4.69, 9.17) is 27.9 Å². The van der Waals surface area contributed by atoms with Crippen molar-refractivity contribution < 1.29 is 25.2 Å². The second-order valence-electron chi connectivity index (χ2n) is 8.91. The molecule has 10 heteroatoms. The van der Waals surface area contributed by atoms with Gasteiger partial charge in [-0.15, -0.1) is 21.5 Å². The lowest BCUT2D eigenvalue weighted by Gasteiger charge is -2.40. The molecule has 34 heavy (non-hydrogen) atoms. The summed E-state index contributed by atoms with van der Waals surface area (Å²) in [6, 6.07) is 12.8. The molecule has 0 bridgehead atoms. The molecule has 5 atom stereocenters. The Labute approximate surface area is 211 Å². The molecule has 1 aliphatic rings. The fraction of sp³-hybridized carbons (Fsp3) is 0.417. The summed E-state index contributed by atoms with van der Waals surface area (Å²) in [5.74, 6) is 0. The van der Waals surface area contributed by atoms with Gasteiger partial charge in [0.25, 0.3) is 0 Å². The number of halogens is 2. The van der Waals surface area contributed by atoms with Gasteiger partial charge in [0.15, 0.2) is 0 Å². The highest BCUT2D eigenvalue weighted by Crippen LogP contribution is 2.37. The molecule has 1 saturated heterocycles. The van der Waals surface area contributed by atoms with Gasteiger partial charge in [-0.2, -0.15) is 0 Å². The molecule has 1 aliphatic heterocycles. The van der Waals surface area contributed by atoms with Crippen molar-refractivity contribution in [2.75, 3.05) is 6.61 Å². The van der Waals surface area contributed by atoms with Gasteiger partial charge >= 0.3 is 0 Å². The molecule has 4 rings (SSSR count). The molecule has 0 spiro atoms. The molecule has 0 amide bonds. The third kappa shape index (κ3) is 5.01. The standard InChI is InChI=1S/C24H26Cl2N2O5S/c1-24(2,14-4-6-15(25)7-5-14)23-28-27-18(34-23)10-13-9-12(3-8-16(13)26)22-21(32)20(31)19(30)17(11-29)33-22/h3-9,17,19-22,29-32H,10-11H2,1-2H3/t17-,19-,20+,21-,22?/m1/s1. The lowest BCUT2D eigenvalue weighted by molar-refractivity contribution is -0.231. The Bertz CT molecular complexity index is 1140. The number of benzene rings is 2. The van der Waals surface area contributed by atoms with Crippen LogP contribution in [-0.4, -0.2) is 61.6 Å². The zero-order valence-electron chi connectivity index (χ0n) is 18.6. The van der Waals surface area contributed by atoms with Gasteiger partial charge in [0.1, 0.15) is 40.5 Å². The molecule has 0 aliphatic carbocycles. The molecule has 1 aromatic heterocycles. The van der Waals surface area contributed by atoms with Crippen molar-refractivity contribution in [1.82, 2.24) is 10.2 Å². The highest BCUT2D eigenvalue weighted by molar-refractivity contribution is 7.11. The Balaban J connectivity index is 1.57. The number of rotatable bonds is 6. The summed E-state index contributed by atoms with van der Waals surface area (Å²) < 4.78 is 5.68. The molecular formula is C24H26Cl2N2O5S. The first-order valence-electron chi connectivity index (χ1n) is 10.8. The number of hydrogen-bond donors (Lipinski definition) is 4. The SMILES string of the molecule is CC(C)(c1ccc(Cl)cc1)c1nnc(Cc2cc(C3O[C@H](CO)[C@@H](O)[C@H](O)[C@H]3O)ccc2Cl)s1. The zero-order valence-corrected chi connectivity index (χ0v) is 20.9. The molecule has 0 saturated carbocycles. The Morgan fingerprint density at radius 2 is 1.68 bits per heavy atom. The van der Waals surface area contributed by atoms with E-state index in [1.54, 1.807) is 18.2 Å². The number of nitrogens with zero attached hydrogens (tertiary/aromatic N) is 2. The maximum Gasteiger partial charge on any atom is 0.127 e. The quantitative estimate of drug-likeness (QED) is 0.391. The third-order valence-electron chi connectivity index (χ3n) is 6.20. The normalized spacial score (nSPS) is 25.5. The van der Waals surface area contributed by atoms with Crippen molar-refractivity contribution in [1.29, 1.82) is 0 Å². The van der Waals surface area contributed by atoms with Crippen molar-refractivity contribution in [2.45, 2.75) is 56.2 Å². The minimum absolute atomic E-state index is 0.359. The number of aliphatic hydroxyl groups excluding tert-OH is 4. The van der Waals surface area contributed by atoms with E-state index in [2.05, 4.69) is 24.0 Å². The van der Waals surface area contributed by atoms with Crippen molar-refractivity contribution >= 4 is 34.5 Å². The first-order chi connectivity index (χ1) is 16.1. The summed E-state index contributed by atoms with van der Waals surface area (Å²) in [5.41, 5.74) is 2.04. The summed E-state index contributed by atoms with van der Waals surface area (Å²) in [4.78, 5) is 0. The largest absolute Gasteiger partial charge is 0.394 e. The predicted octanol–water partition coefficient (Wildman–Crippen LogP) is 3.28. The Kier molecular flexibility index (Phi) is 7.61. The Morgan fingerprint density at radius 1 is 0.971 bits per heavy atom. The van der Waals surface area contributed by atoms with Gasteiger partial charge in [0.2, 0.25) is 0 Å². The van der Waals surface area contributed by atoms with E-state index in [1.807, 2.05) is 24.3 Å². The molecule has 2 heterocycles. The van der Waals surface area contributed by atoms with Crippen LogP contribution in [0.15, 0.2) is 42.5 Å². The van der Waals surface area contributed by atoms with Crippen molar-refractivity contribution in [2.24, 2.45) is 0 Å². The van der Waals surface area contributed by atoms with Crippen molar-refractivity contribution in [3.63, 3.8) is 0 Å². The number of aliphatic hydroxyl groups is 4. The molecule has 3 aromatic rings. The molecule has 2 aromatic carbocycles. The second-order valence-corrected chi connectivity index (χ2v) is 10.8. The van der Waals surface area contributed by atoms with Crippen LogP contribution >= 0.6 is 34.5 Å². The molecule has 182 valence electrons. The minimum Gasteiger partial charge on any atom is -0.394 e. The maximum absolute atomic E-state index is 10.5. The van der Waals surface area contributed by atoms with Gasteiger partial charge in [-0.1, -0.05) is 47.5 Å². The number of hydrogen-bond acceptors (Lipinski definition) is 8. The summed E-state index contributed by atoms with van der Waals surface area (Å²) >= 11 is 14.0. The predicted molar refractivity (Wildman–Crippen MR) is 130 cm³/mol. The van der Waals surface area contributed by atoms with Crippen LogP contribution in [0.4, 0.5) is 0 Å². The van der Waals surface area contributed by atoms with Gasteiger partial charge < -0.3 is 25.2 Å². The van der Waals surface area contributed by atoms with Crippen molar-refractivity contribution in [3.05, 3.63) is 79.2 Å². The van der Waals surface area contributed by atoms with Gasteiger partial charge in [0.05, 0.1) is 6.61 Å². The lowest BCUT2D eigenvalue weighted by atomic mass is 9.85. The molecule has 4 N–H and O–H groups in total. The van der Waals surface area contributed by atoms with Crippen LogP contribution in [0, 0.1) is 0 Å². The van der Waals surface area contributed by atoms with Gasteiger partial charge in [-0.05, 0) is 48.7 Å². The Morgan fingerprint density at radius 3 is 2.35 bits per heavy atom. The maximum atomic E-state index is 10.5. The topological polar surface area (TPSA) is 116 Å². The summed E-state index contributed by atoms with van der Waals surface area (Å²) in [7, 11) is 0. The van der Waals surface area contributed by atoms with E-state index in [9.17, 15) is 20.4 Å². The summed E-state index contributed by atoms with van der Waals surface area (Å²) in [5, 5.41) is 51.7. The van der Waals surface area contributed by atoms with Gasteiger partial charge in [-0.3, -0.25) is 0 Å². The van der Waals surface area contributed by atoms with Crippen LogP contribution in [0.1, 0.15) is 46.7 Å². The average molecular weight is 525 g/mol. The highest BCUT2D eigenvalue weighted by Gasteiger charge is 2.44. The summed E-state index contributed by atoms with van der Waals surface area (Å²) in [6.07, 6.45) is -5.72. The van der Waals surface area contributed by atoms with Crippen LogP contribution in [-0.2, 0) is 16.6 Å². The molecule has 1 fully saturated rings. The number of ether oxygens (including phenoxy) is 1. The average Bonchev–Trinajstić information content (AvgIpc) is 3.29. The fourth-order valence-electron chi connectivity index (χ4n) is 4.01. The first kappa shape index (κ1) is 25.5. The van der Waals surface area contributed by atoms with Crippen LogP contribution in [0.3, 0.4) is 0 Å². The van der Waals surface area contributed by atoms with Gasteiger partial charge in [0, 0.05) is 21.9 Å². The van der Waals surface area contributed by atoms with Crippen LogP contribution < -0.4 is 0 Å². The van der Waals surface area contributed by atoms with Gasteiger partial charge in [-0.25, -0.2) is 0 Å². The third-order valence-corrected chi connectivity index (χ3v) is 8.07. The smallest absolute Gasteiger partial charge is 0.127 e. The van der Waals surface area contributed by atoms with Crippen LogP contribution in [0.5, 0.6) is 0 Å². The van der Waals surface area contributed by atoms with E-state index in [0.717, 1.165) is 21.1 Å². The highest BCUT2D eigenvalue weighted by atomic mass is 35.5. The molecular weight excluding hydrogens is 499 g/mol. The number of aromatic nitrogens is 2. The molecule has 0 radical (unpaired) electrons. The summed E-state index contributed by atoms with van der Waals surface area (Å²) in [6.45, 7) is 3.67. The minimum atomic E-state index is -1.45. The molecule has 7 nitrogen and oxygen atoms in total. The van der Waals surface area contributed by atoms with E-state index in [0.29, 0.717) is 22.0 Å². The van der Waals surface area contributed by atoms with Crippen molar-refractivity contribution in [3.8, 4) is 0 Å². The second kappa shape index (κ2) is 10.2. The first-order valence-corrected chi connectivity index (χ1v) is 12.4. The zero-order chi connectivity index (χ0) is 24.6. The fourth-order valence-corrected chi connectivity index (χ4v) is 5.31.